The number of hydrogen-bond donors (Lipinski definition) is 2. The third-order valence-corrected chi connectivity index (χ3v) is 2.05. The lowest BCUT2D eigenvalue weighted by molar-refractivity contribution is -0.0191. The monoisotopic (exact) mass is 132 g/mol. The predicted octanol–water partition coefficient (Wildman–Crippen LogP) is 0.776. The molecule has 0 aliphatic rings. The first-order chi connectivity index (χ1) is 4.04. The maximum absolute atomic E-state index is 9.43. The Balaban J connectivity index is 3.80. The molecule has 2 nitrogen and oxygen atoms in total. The quantitative estimate of drug-likeness (QED) is 0.595. The van der Waals surface area contributed by atoms with Crippen molar-refractivity contribution in [2.45, 2.75) is 32.8 Å². The van der Waals surface area contributed by atoms with Gasteiger partial charge in [-0.15, -0.1) is 0 Å². The summed E-state index contributed by atoms with van der Waals surface area (Å²) in [4.78, 5) is 0. The molecule has 2 N–H and O–H groups in total. The van der Waals surface area contributed by atoms with Crippen LogP contribution in [0.4, 0.5) is 0 Å². The molecule has 0 spiro atoms. The molecule has 0 aromatic carbocycles. The van der Waals surface area contributed by atoms with Crippen LogP contribution in [0.5, 0.6) is 0 Å². The van der Waals surface area contributed by atoms with Gasteiger partial charge in [0.15, 0.2) is 0 Å². The van der Waals surface area contributed by atoms with Crippen LogP contribution in [0.3, 0.4) is 0 Å². The molecule has 0 aromatic heterocycles. The Bertz CT molecular complexity index is 79.0. The van der Waals surface area contributed by atoms with Crippen molar-refractivity contribution in [2.75, 3.05) is 6.61 Å². The fourth-order valence-electron chi connectivity index (χ4n) is 0.545. The lowest BCUT2D eigenvalue weighted by atomic mass is 9.89. The largest absolute Gasteiger partial charge is 0.396 e. The van der Waals surface area contributed by atoms with Gasteiger partial charge in [-0.3, -0.25) is 0 Å². The minimum Gasteiger partial charge on any atom is -0.396 e. The zero-order chi connectivity index (χ0) is 7.49. The Morgan fingerprint density at radius 1 is 1.56 bits per heavy atom. The highest BCUT2D eigenvalue weighted by Gasteiger charge is 2.24. The van der Waals surface area contributed by atoms with Crippen molar-refractivity contribution < 1.29 is 10.2 Å². The van der Waals surface area contributed by atoms with Gasteiger partial charge in [0.05, 0.1) is 5.60 Å². The van der Waals surface area contributed by atoms with Crippen molar-refractivity contribution in [1.82, 2.24) is 0 Å². The second-order valence-corrected chi connectivity index (χ2v) is 2.79. The molecule has 9 heavy (non-hydrogen) atoms. The van der Waals surface area contributed by atoms with Crippen LogP contribution in [0.15, 0.2) is 0 Å². The second-order valence-electron chi connectivity index (χ2n) is 2.79. The van der Waals surface area contributed by atoms with E-state index >= 15 is 0 Å². The fourth-order valence-corrected chi connectivity index (χ4v) is 0.545. The summed E-state index contributed by atoms with van der Waals surface area (Å²) in [6.07, 6.45) is 0.689. The van der Waals surface area contributed by atoms with E-state index in [4.69, 9.17) is 5.11 Å². The summed E-state index contributed by atoms with van der Waals surface area (Å²) >= 11 is 0. The molecule has 0 fully saturated rings. The van der Waals surface area contributed by atoms with Crippen LogP contribution >= 0.6 is 0 Å². The summed E-state index contributed by atoms with van der Waals surface area (Å²) in [5.41, 5.74) is -0.700. The van der Waals surface area contributed by atoms with Gasteiger partial charge >= 0.3 is 0 Å². The van der Waals surface area contributed by atoms with Gasteiger partial charge in [-0.25, -0.2) is 0 Å². The van der Waals surface area contributed by atoms with Gasteiger partial charge in [0.1, 0.15) is 0 Å². The molecule has 0 rings (SSSR count). The second kappa shape index (κ2) is 3.18. The molecule has 0 aliphatic heterocycles. The minimum atomic E-state index is -0.700. The first-order valence-electron chi connectivity index (χ1n) is 3.37. The van der Waals surface area contributed by atoms with E-state index < -0.39 is 5.60 Å². The Morgan fingerprint density at radius 3 is 2.11 bits per heavy atom. The molecular formula is C7H16O2. The minimum absolute atomic E-state index is 0.0255. The van der Waals surface area contributed by atoms with Gasteiger partial charge in [-0.1, -0.05) is 13.8 Å². The fraction of sp³-hybridized carbons (Fsp3) is 1.00. The molecule has 0 heterocycles. The lowest BCUT2D eigenvalue weighted by Crippen LogP contribution is -2.33. The Hall–Kier alpha value is -0.0800. The molecule has 0 unspecified atom stereocenters. The summed E-state index contributed by atoms with van der Waals surface area (Å²) in [6, 6.07) is 0. The normalized spacial score (nSPS) is 21.0. The molecule has 2 atom stereocenters. The third-order valence-electron chi connectivity index (χ3n) is 2.05. The molecule has 0 saturated carbocycles. The number of aliphatic hydroxyl groups excluding tert-OH is 1. The van der Waals surface area contributed by atoms with Crippen LogP contribution < -0.4 is 0 Å². The topological polar surface area (TPSA) is 40.5 Å². The summed E-state index contributed by atoms with van der Waals surface area (Å²) in [6.45, 7) is 5.55. The molecule has 0 radical (unpaired) electrons. The van der Waals surface area contributed by atoms with E-state index in [9.17, 15) is 5.11 Å². The maximum Gasteiger partial charge on any atom is 0.0664 e. The van der Waals surface area contributed by atoms with Crippen molar-refractivity contribution in [1.29, 1.82) is 0 Å². The Kier molecular flexibility index (Phi) is 3.15. The molecule has 56 valence electrons. The number of aliphatic hydroxyl groups is 2. The van der Waals surface area contributed by atoms with E-state index in [2.05, 4.69) is 0 Å². The van der Waals surface area contributed by atoms with Gasteiger partial charge in [0, 0.05) is 12.5 Å². The summed E-state index contributed by atoms with van der Waals surface area (Å²) < 4.78 is 0. The first-order valence-corrected chi connectivity index (χ1v) is 3.37. The molecule has 0 bridgehead atoms. The van der Waals surface area contributed by atoms with Gasteiger partial charge in [0.2, 0.25) is 0 Å². The highest BCUT2D eigenvalue weighted by atomic mass is 16.3. The van der Waals surface area contributed by atoms with E-state index in [1.807, 2.05) is 13.8 Å². The number of hydrogen-bond acceptors (Lipinski definition) is 2. The van der Waals surface area contributed by atoms with E-state index in [1.165, 1.54) is 0 Å². The van der Waals surface area contributed by atoms with Gasteiger partial charge in [-0.2, -0.15) is 0 Å². The van der Waals surface area contributed by atoms with Gasteiger partial charge < -0.3 is 10.2 Å². The van der Waals surface area contributed by atoms with Crippen LogP contribution in [0.25, 0.3) is 0 Å². The lowest BCUT2D eigenvalue weighted by Gasteiger charge is -2.27. The average molecular weight is 132 g/mol. The van der Waals surface area contributed by atoms with E-state index in [1.54, 1.807) is 6.92 Å². The van der Waals surface area contributed by atoms with Crippen molar-refractivity contribution in [3.8, 4) is 0 Å². The third kappa shape index (κ3) is 2.33. The summed E-state index contributed by atoms with van der Waals surface area (Å²) in [5.74, 6) is -0.0255. The molecule has 0 aliphatic carbocycles. The van der Waals surface area contributed by atoms with Crippen LogP contribution in [0, 0.1) is 5.92 Å². The van der Waals surface area contributed by atoms with Crippen LogP contribution in [0.2, 0.25) is 0 Å². The Labute approximate surface area is 56.5 Å². The Morgan fingerprint density at radius 2 is 2.00 bits per heavy atom. The molecule has 0 saturated heterocycles. The molecular weight excluding hydrogens is 116 g/mol. The summed E-state index contributed by atoms with van der Waals surface area (Å²) in [7, 11) is 0. The highest BCUT2D eigenvalue weighted by Crippen LogP contribution is 2.19. The first kappa shape index (κ1) is 8.92. The maximum atomic E-state index is 9.43. The van der Waals surface area contributed by atoms with Gasteiger partial charge in [0.25, 0.3) is 0 Å². The zero-order valence-electron chi connectivity index (χ0n) is 6.39. The number of rotatable bonds is 3. The van der Waals surface area contributed by atoms with Crippen LogP contribution in [-0.4, -0.2) is 22.4 Å². The van der Waals surface area contributed by atoms with E-state index in [-0.39, 0.29) is 12.5 Å². The molecule has 0 aromatic rings. The van der Waals surface area contributed by atoms with Gasteiger partial charge in [-0.05, 0) is 13.3 Å². The van der Waals surface area contributed by atoms with Crippen molar-refractivity contribution >= 4 is 0 Å². The van der Waals surface area contributed by atoms with Crippen LogP contribution in [-0.2, 0) is 0 Å². The van der Waals surface area contributed by atoms with Crippen molar-refractivity contribution in [2.24, 2.45) is 5.92 Å². The highest BCUT2D eigenvalue weighted by molar-refractivity contribution is 4.76. The average Bonchev–Trinajstić information content (AvgIpc) is 1.86. The zero-order valence-corrected chi connectivity index (χ0v) is 6.39. The molecule has 2 heteroatoms. The van der Waals surface area contributed by atoms with Crippen molar-refractivity contribution in [3.05, 3.63) is 0 Å². The van der Waals surface area contributed by atoms with E-state index in [0.717, 1.165) is 0 Å². The van der Waals surface area contributed by atoms with E-state index in [0.29, 0.717) is 6.42 Å². The standard InChI is InChI=1S/C7H16O2/c1-4-7(3,9)6(2)5-8/h6,8-9H,4-5H2,1-3H3/t6-,7-/m1/s1. The molecule has 0 amide bonds. The van der Waals surface area contributed by atoms with Crippen molar-refractivity contribution in [3.63, 3.8) is 0 Å². The SMILES string of the molecule is CC[C@@](C)(O)[C@H](C)CO. The predicted molar refractivity (Wildman–Crippen MR) is 37.2 cm³/mol. The smallest absolute Gasteiger partial charge is 0.0664 e. The van der Waals surface area contributed by atoms with Crippen LogP contribution in [0.1, 0.15) is 27.2 Å². The summed E-state index contributed by atoms with van der Waals surface area (Å²) in [5, 5.41) is 18.1.